The third-order valence-electron chi connectivity index (χ3n) is 4.47. The summed E-state index contributed by atoms with van der Waals surface area (Å²) < 4.78 is 6.14. The van der Waals surface area contributed by atoms with Crippen molar-refractivity contribution in [1.29, 1.82) is 0 Å². The van der Waals surface area contributed by atoms with Gasteiger partial charge in [0.15, 0.2) is 0 Å². The smallest absolute Gasteiger partial charge is 0.0697 e. The standard InChI is InChI=1S/C15H29NOS/c1-18-12-6-5-10-16-14-7-11-17-15(13-14)8-3-2-4-9-15/h14,16H,2-13H2,1H3. The van der Waals surface area contributed by atoms with Gasteiger partial charge in [-0.1, -0.05) is 19.3 Å². The van der Waals surface area contributed by atoms with Crippen LogP contribution >= 0.6 is 11.8 Å². The van der Waals surface area contributed by atoms with E-state index >= 15 is 0 Å². The summed E-state index contributed by atoms with van der Waals surface area (Å²) in [5.41, 5.74) is 0.257. The molecule has 0 radical (unpaired) electrons. The first-order valence-electron chi connectivity index (χ1n) is 7.71. The van der Waals surface area contributed by atoms with Crippen LogP contribution in [0.3, 0.4) is 0 Å². The lowest BCUT2D eigenvalue weighted by Crippen LogP contribution is -2.48. The first-order chi connectivity index (χ1) is 8.85. The van der Waals surface area contributed by atoms with Gasteiger partial charge in [0.2, 0.25) is 0 Å². The largest absolute Gasteiger partial charge is 0.375 e. The highest BCUT2D eigenvalue weighted by Crippen LogP contribution is 2.38. The molecule has 0 aromatic heterocycles. The molecule has 2 fully saturated rings. The van der Waals surface area contributed by atoms with Crippen LogP contribution < -0.4 is 5.32 Å². The quantitative estimate of drug-likeness (QED) is 0.746. The Morgan fingerprint density at radius 1 is 1.22 bits per heavy atom. The second-order valence-electron chi connectivity index (χ2n) is 5.94. The lowest BCUT2D eigenvalue weighted by molar-refractivity contribution is -0.109. The molecule has 1 aliphatic heterocycles. The van der Waals surface area contributed by atoms with E-state index in [0.717, 1.165) is 6.61 Å². The van der Waals surface area contributed by atoms with E-state index in [1.165, 1.54) is 70.1 Å². The molecular formula is C15H29NOS. The van der Waals surface area contributed by atoms with Gasteiger partial charge in [-0.3, -0.25) is 0 Å². The van der Waals surface area contributed by atoms with Gasteiger partial charge < -0.3 is 10.1 Å². The van der Waals surface area contributed by atoms with E-state index in [9.17, 15) is 0 Å². The van der Waals surface area contributed by atoms with Crippen molar-refractivity contribution < 1.29 is 4.74 Å². The monoisotopic (exact) mass is 271 g/mol. The van der Waals surface area contributed by atoms with Crippen molar-refractivity contribution in [2.24, 2.45) is 0 Å². The zero-order chi connectivity index (χ0) is 12.7. The van der Waals surface area contributed by atoms with E-state index in [1.807, 2.05) is 11.8 Å². The molecule has 18 heavy (non-hydrogen) atoms. The van der Waals surface area contributed by atoms with Crippen LogP contribution in [-0.4, -0.2) is 36.8 Å². The van der Waals surface area contributed by atoms with E-state index in [-0.39, 0.29) is 5.60 Å². The second-order valence-corrected chi connectivity index (χ2v) is 6.92. The third kappa shape index (κ3) is 4.43. The molecule has 106 valence electrons. The number of hydrogen-bond acceptors (Lipinski definition) is 3. The topological polar surface area (TPSA) is 21.3 Å². The molecule has 1 heterocycles. The molecular weight excluding hydrogens is 242 g/mol. The van der Waals surface area contributed by atoms with Crippen LogP contribution in [0.4, 0.5) is 0 Å². The van der Waals surface area contributed by atoms with Gasteiger partial charge in [0.1, 0.15) is 0 Å². The second kappa shape index (κ2) is 7.76. The highest BCUT2D eigenvalue weighted by Gasteiger charge is 2.38. The Labute approximate surface area is 117 Å². The molecule has 1 N–H and O–H groups in total. The SMILES string of the molecule is CSCCCCNC1CCOC2(CCCCC2)C1. The molecule has 0 aromatic carbocycles. The molecule has 1 aliphatic carbocycles. The minimum Gasteiger partial charge on any atom is -0.375 e. The highest BCUT2D eigenvalue weighted by molar-refractivity contribution is 7.98. The van der Waals surface area contributed by atoms with Crippen LogP contribution in [0.5, 0.6) is 0 Å². The fourth-order valence-electron chi connectivity index (χ4n) is 3.42. The van der Waals surface area contributed by atoms with Crippen molar-refractivity contribution in [2.75, 3.05) is 25.2 Å². The van der Waals surface area contributed by atoms with E-state index in [1.54, 1.807) is 0 Å². The van der Waals surface area contributed by atoms with Gasteiger partial charge in [0.25, 0.3) is 0 Å². The summed E-state index contributed by atoms with van der Waals surface area (Å²) >= 11 is 1.96. The molecule has 2 nitrogen and oxygen atoms in total. The summed E-state index contributed by atoms with van der Waals surface area (Å²) in [5, 5.41) is 3.76. The van der Waals surface area contributed by atoms with Crippen LogP contribution in [0.25, 0.3) is 0 Å². The van der Waals surface area contributed by atoms with Crippen molar-refractivity contribution in [3.8, 4) is 0 Å². The highest BCUT2D eigenvalue weighted by atomic mass is 32.2. The van der Waals surface area contributed by atoms with Crippen LogP contribution in [0.2, 0.25) is 0 Å². The summed E-state index contributed by atoms with van der Waals surface area (Å²) in [5.74, 6) is 1.30. The predicted octanol–water partition coefficient (Wildman–Crippen LogP) is 3.60. The Morgan fingerprint density at radius 2 is 2.06 bits per heavy atom. The minimum absolute atomic E-state index is 0.257. The van der Waals surface area contributed by atoms with Gasteiger partial charge in [0.05, 0.1) is 5.60 Å². The summed E-state index contributed by atoms with van der Waals surface area (Å²) in [6.45, 7) is 2.17. The van der Waals surface area contributed by atoms with Gasteiger partial charge >= 0.3 is 0 Å². The Morgan fingerprint density at radius 3 is 2.83 bits per heavy atom. The number of thioether (sulfide) groups is 1. The van der Waals surface area contributed by atoms with E-state index in [4.69, 9.17) is 4.74 Å². The molecule has 0 bridgehead atoms. The van der Waals surface area contributed by atoms with Crippen LogP contribution in [0.15, 0.2) is 0 Å². The zero-order valence-corrected chi connectivity index (χ0v) is 12.7. The van der Waals surface area contributed by atoms with Crippen molar-refractivity contribution in [1.82, 2.24) is 5.32 Å². The fourth-order valence-corrected chi connectivity index (χ4v) is 3.92. The Bertz CT molecular complexity index is 223. The van der Waals surface area contributed by atoms with E-state index in [2.05, 4.69) is 11.6 Å². The molecule has 1 saturated carbocycles. The number of hydrogen-bond donors (Lipinski definition) is 1. The average Bonchev–Trinajstić information content (AvgIpc) is 2.40. The zero-order valence-electron chi connectivity index (χ0n) is 11.9. The summed E-state index contributed by atoms with van der Waals surface area (Å²) in [6.07, 6.45) is 14.1. The van der Waals surface area contributed by atoms with Gasteiger partial charge in [-0.15, -0.1) is 0 Å². The Kier molecular flexibility index (Phi) is 6.33. The number of unbranched alkanes of at least 4 members (excludes halogenated alkanes) is 1. The molecule has 1 unspecified atom stereocenters. The lowest BCUT2D eigenvalue weighted by Gasteiger charge is -2.43. The molecule has 2 aliphatic rings. The maximum Gasteiger partial charge on any atom is 0.0697 e. The third-order valence-corrected chi connectivity index (χ3v) is 5.16. The number of rotatable bonds is 6. The van der Waals surface area contributed by atoms with Gasteiger partial charge in [-0.25, -0.2) is 0 Å². The van der Waals surface area contributed by atoms with Crippen molar-refractivity contribution in [3.05, 3.63) is 0 Å². The normalized spacial score (nSPS) is 27.5. The fraction of sp³-hybridized carbons (Fsp3) is 1.00. The molecule has 0 aromatic rings. The summed E-state index contributed by atoms with van der Waals surface area (Å²) in [6, 6.07) is 0.714. The average molecular weight is 271 g/mol. The summed E-state index contributed by atoms with van der Waals surface area (Å²) in [7, 11) is 0. The Balaban J connectivity index is 1.66. The summed E-state index contributed by atoms with van der Waals surface area (Å²) in [4.78, 5) is 0. The van der Waals surface area contributed by atoms with Gasteiger partial charge in [0, 0.05) is 12.6 Å². The van der Waals surface area contributed by atoms with Crippen LogP contribution in [0.1, 0.15) is 57.8 Å². The van der Waals surface area contributed by atoms with Gasteiger partial charge in [-0.05, 0) is 57.1 Å². The number of ether oxygens (including phenoxy) is 1. The van der Waals surface area contributed by atoms with E-state index < -0.39 is 0 Å². The van der Waals surface area contributed by atoms with Crippen LogP contribution in [0, 0.1) is 0 Å². The molecule has 1 saturated heterocycles. The Hall–Kier alpha value is 0.270. The molecule has 0 amide bonds. The van der Waals surface area contributed by atoms with Crippen molar-refractivity contribution in [2.45, 2.75) is 69.4 Å². The molecule has 2 rings (SSSR count). The van der Waals surface area contributed by atoms with Crippen LogP contribution in [-0.2, 0) is 4.74 Å². The predicted molar refractivity (Wildman–Crippen MR) is 80.4 cm³/mol. The molecule has 3 heteroatoms. The van der Waals surface area contributed by atoms with Crippen molar-refractivity contribution >= 4 is 11.8 Å². The minimum atomic E-state index is 0.257. The maximum atomic E-state index is 6.14. The number of nitrogens with one attached hydrogen (secondary N) is 1. The van der Waals surface area contributed by atoms with E-state index in [0.29, 0.717) is 6.04 Å². The first kappa shape index (κ1) is 14.7. The van der Waals surface area contributed by atoms with Gasteiger partial charge in [-0.2, -0.15) is 11.8 Å². The molecule has 1 atom stereocenters. The molecule has 1 spiro atoms. The van der Waals surface area contributed by atoms with Crippen molar-refractivity contribution in [3.63, 3.8) is 0 Å². The first-order valence-corrected chi connectivity index (χ1v) is 9.10. The lowest BCUT2D eigenvalue weighted by atomic mass is 9.78. The maximum absolute atomic E-state index is 6.14.